The van der Waals surface area contributed by atoms with Gasteiger partial charge in [-0.2, -0.15) is 0 Å². The van der Waals surface area contributed by atoms with E-state index >= 15 is 0 Å². The average molecular weight is 235 g/mol. The van der Waals surface area contributed by atoms with Gasteiger partial charge >= 0.3 is 0 Å². The summed E-state index contributed by atoms with van der Waals surface area (Å²) in [5.41, 5.74) is 2.71. The van der Waals surface area contributed by atoms with Crippen LogP contribution in [0.15, 0.2) is 12.1 Å². The molecule has 0 aliphatic carbocycles. The van der Waals surface area contributed by atoms with Crippen molar-refractivity contribution in [1.82, 2.24) is 5.32 Å². The van der Waals surface area contributed by atoms with Gasteiger partial charge in [-0.05, 0) is 57.0 Å². The van der Waals surface area contributed by atoms with Crippen LogP contribution >= 0.6 is 0 Å². The molecule has 0 spiro atoms. The highest BCUT2D eigenvalue weighted by Gasteiger charge is 2.19. The van der Waals surface area contributed by atoms with E-state index in [-0.39, 0.29) is 0 Å². The summed E-state index contributed by atoms with van der Waals surface area (Å²) in [4.78, 5) is 0. The molecule has 17 heavy (non-hydrogen) atoms. The molecule has 1 aromatic rings. The van der Waals surface area contributed by atoms with Gasteiger partial charge in [0.1, 0.15) is 0 Å². The lowest BCUT2D eigenvalue weighted by Gasteiger charge is -2.25. The fraction of sp³-hybridized carbons (Fsp3) is 0.571. The summed E-state index contributed by atoms with van der Waals surface area (Å²) in [5, 5.41) is 3.46. The number of hydrogen-bond acceptors (Lipinski definition) is 3. The molecular formula is C14H21NO2. The molecule has 0 aromatic heterocycles. The van der Waals surface area contributed by atoms with Gasteiger partial charge in [-0.3, -0.25) is 0 Å². The van der Waals surface area contributed by atoms with Crippen LogP contribution in [0.4, 0.5) is 0 Å². The van der Waals surface area contributed by atoms with Gasteiger partial charge in [-0.15, -0.1) is 0 Å². The molecule has 0 saturated heterocycles. The quantitative estimate of drug-likeness (QED) is 0.870. The minimum absolute atomic E-state index is 0.397. The van der Waals surface area contributed by atoms with Crippen molar-refractivity contribution in [3.8, 4) is 11.5 Å². The molecule has 1 heterocycles. The van der Waals surface area contributed by atoms with E-state index < -0.39 is 0 Å². The monoisotopic (exact) mass is 235 g/mol. The highest BCUT2D eigenvalue weighted by molar-refractivity contribution is 5.49. The van der Waals surface area contributed by atoms with Crippen molar-refractivity contribution in [2.24, 2.45) is 0 Å². The lowest BCUT2D eigenvalue weighted by atomic mass is 9.94. The molecule has 1 aliphatic rings. The number of rotatable bonds is 4. The second-order valence-electron chi connectivity index (χ2n) is 4.29. The molecule has 0 fully saturated rings. The summed E-state index contributed by atoms with van der Waals surface area (Å²) < 4.78 is 11.3. The maximum atomic E-state index is 5.65. The summed E-state index contributed by atoms with van der Waals surface area (Å²) in [6, 6.07) is 4.66. The molecule has 94 valence electrons. The van der Waals surface area contributed by atoms with Gasteiger partial charge < -0.3 is 14.8 Å². The lowest BCUT2D eigenvalue weighted by Crippen LogP contribution is -2.27. The summed E-state index contributed by atoms with van der Waals surface area (Å²) in [6.07, 6.45) is 1.06. The zero-order valence-corrected chi connectivity index (χ0v) is 10.9. The van der Waals surface area contributed by atoms with E-state index in [2.05, 4.69) is 24.4 Å². The molecule has 1 aliphatic heterocycles. The Balaban J connectivity index is 2.39. The van der Waals surface area contributed by atoms with Gasteiger partial charge in [-0.25, -0.2) is 0 Å². The predicted octanol–water partition coefficient (Wildman–Crippen LogP) is 2.69. The Morgan fingerprint density at radius 3 is 2.47 bits per heavy atom. The Labute approximate surface area is 103 Å². The number of benzene rings is 1. The molecule has 0 saturated carbocycles. The third-order valence-electron chi connectivity index (χ3n) is 3.12. The van der Waals surface area contributed by atoms with Gasteiger partial charge in [0.25, 0.3) is 0 Å². The van der Waals surface area contributed by atoms with Crippen molar-refractivity contribution < 1.29 is 9.47 Å². The van der Waals surface area contributed by atoms with Crippen molar-refractivity contribution in [2.45, 2.75) is 33.2 Å². The Kier molecular flexibility index (Phi) is 3.89. The summed E-state index contributed by atoms with van der Waals surface area (Å²) >= 11 is 0. The van der Waals surface area contributed by atoms with E-state index in [0.29, 0.717) is 19.3 Å². The maximum Gasteiger partial charge on any atom is 0.161 e. The van der Waals surface area contributed by atoms with Crippen molar-refractivity contribution in [1.29, 1.82) is 0 Å². The van der Waals surface area contributed by atoms with E-state index in [1.54, 1.807) is 0 Å². The smallest absolute Gasteiger partial charge is 0.161 e. The summed E-state index contributed by atoms with van der Waals surface area (Å²) in [5.74, 6) is 1.74. The average Bonchev–Trinajstić information content (AvgIpc) is 2.32. The number of ether oxygens (including phenoxy) is 2. The Bertz CT molecular complexity index is 390. The third-order valence-corrected chi connectivity index (χ3v) is 3.12. The number of fused-ring (bicyclic) bond motifs is 1. The molecule has 0 bridgehead atoms. The van der Waals surface area contributed by atoms with Crippen molar-refractivity contribution in [3.63, 3.8) is 0 Å². The zero-order chi connectivity index (χ0) is 12.3. The second kappa shape index (κ2) is 5.41. The fourth-order valence-electron chi connectivity index (χ4n) is 2.31. The molecule has 1 N–H and O–H groups in total. The highest BCUT2D eigenvalue weighted by atomic mass is 16.5. The number of nitrogens with one attached hydrogen (secondary N) is 1. The van der Waals surface area contributed by atoms with Gasteiger partial charge in [0, 0.05) is 6.04 Å². The highest BCUT2D eigenvalue weighted by Crippen LogP contribution is 2.35. The largest absolute Gasteiger partial charge is 0.490 e. The fourth-order valence-corrected chi connectivity index (χ4v) is 2.31. The van der Waals surface area contributed by atoms with E-state index in [9.17, 15) is 0 Å². The minimum atomic E-state index is 0.397. The van der Waals surface area contributed by atoms with Crippen molar-refractivity contribution in [2.75, 3.05) is 19.8 Å². The molecule has 0 amide bonds. The van der Waals surface area contributed by atoms with Crippen LogP contribution in [-0.2, 0) is 6.42 Å². The summed E-state index contributed by atoms with van der Waals surface area (Å²) in [6.45, 7) is 8.56. The van der Waals surface area contributed by atoms with Gasteiger partial charge in [0.05, 0.1) is 13.2 Å². The van der Waals surface area contributed by atoms with Crippen LogP contribution in [0.25, 0.3) is 0 Å². The SMILES string of the molecule is CCOc1cc2c(cc1OCC)[C@@H](C)NCC2. The van der Waals surface area contributed by atoms with Gasteiger partial charge in [0.2, 0.25) is 0 Å². The maximum absolute atomic E-state index is 5.65. The number of hydrogen-bond donors (Lipinski definition) is 1. The predicted molar refractivity (Wildman–Crippen MR) is 68.9 cm³/mol. The van der Waals surface area contributed by atoms with Crippen molar-refractivity contribution >= 4 is 0 Å². The molecule has 2 rings (SSSR count). The first-order valence-corrected chi connectivity index (χ1v) is 6.42. The van der Waals surface area contributed by atoms with Crippen LogP contribution in [0.5, 0.6) is 11.5 Å². The Morgan fingerprint density at radius 2 is 1.82 bits per heavy atom. The Hall–Kier alpha value is -1.22. The van der Waals surface area contributed by atoms with E-state index in [1.165, 1.54) is 11.1 Å². The first kappa shape index (κ1) is 12.2. The standard InChI is InChI=1S/C14H21NO2/c1-4-16-13-8-11-6-7-15-10(3)12(11)9-14(13)17-5-2/h8-10,15H,4-7H2,1-3H3/t10-/m1/s1. The molecular weight excluding hydrogens is 214 g/mol. The van der Waals surface area contributed by atoms with Crippen LogP contribution < -0.4 is 14.8 Å². The molecule has 0 unspecified atom stereocenters. The minimum Gasteiger partial charge on any atom is -0.490 e. The normalized spacial score (nSPS) is 18.6. The Morgan fingerprint density at radius 1 is 1.18 bits per heavy atom. The molecule has 3 heteroatoms. The lowest BCUT2D eigenvalue weighted by molar-refractivity contribution is 0.286. The van der Waals surface area contributed by atoms with Crippen LogP contribution in [-0.4, -0.2) is 19.8 Å². The van der Waals surface area contributed by atoms with E-state index in [1.807, 2.05) is 13.8 Å². The first-order chi connectivity index (χ1) is 8.26. The first-order valence-electron chi connectivity index (χ1n) is 6.42. The molecule has 3 nitrogen and oxygen atoms in total. The summed E-state index contributed by atoms with van der Waals surface area (Å²) in [7, 11) is 0. The van der Waals surface area contributed by atoms with Crippen LogP contribution in [0.3, 0.4) is 0 Å². The van der Waals surface area contributed by atoms with Gasteiger partial charge in [-0.1, -0.05) is 0 Å². The van der Waals surface area contributed by atoms with Crippen molar-refractivity contribution in [3.05, 3.63) is 23.3 Å². The molecule has 0 radical (unpaired) electrons. The van der Waals surface area contributed by atoms with Crippen LogP contribution in [0, 0.1) is 0 Å². The molecule has 1 atom stereocenters. The van der Waals surface area contributed by atoms with E-state index in [4.69, 9.17) is 9.47 Å². The van der Waals surface area contributed by atoms with Gasteiger partial charge in [0.15, 0.2) is 11.5 Å². The molecule has 1 aromatic carbocycles. The topological polar surface area (TPSA) is 30.5 Å². The third kappa shape index (κ3) is 2.55. The zero-order valence-electron chi connectivity index (χ0n) is 10.9. The van der Waals surface area contributed by atoms with Crippen LogP contribution in [0.1, 0.15) is 37.9 Å². The van der Waals surface area contributed by atoms with E-state index in [0.717, 1.165) is 24.5 Å². The van der Waals surface area contributed by atoms with Crippen LogP contribution in [0.2, 0.25) is 0 Å². The second-order valence-corrected chi connectivity index (χ2v) is 4.29.